The van der Waals surface area contributed by atoms with Gasteiger partial charge in [-0.2, -0.15) is 4.98 Å². The van der Waals surface area contributed by atoms with E-state index in [1.165, 1.54) is 0 Å². The third-order valence-electron chi connectivity index (χ3n) is 3.74. The highest BCUT2D eigenvalue weighted by molar-refractivity contribution is 6.31. The molecule has 4 rings (SSSR count). The lowest BCUT2D eigenvalue weighted by molar-refractivity contribution is 0.429. The van der Waals surface area contributed by atoms with E-state index >= 15 is 0 Å². The van der Waals surface area contributed by atoms with Crippen LogP contribution in [0.4, 0.5) is 0 Å². The normalized spacial score (nSPS) is 11.1. The second-order valence-corrected chi connectivity index (χ2v) is 5.80. The van der Waals surface area contributed by atoms with E-state index in [1.54, 1.807) is 24.3 Å². The summed E-state index contributed by atoms with van der Waals surface area (Å²) in [4.78, 5) is 16.5. The fourth-order valence-corrected chi connectivity index (χ4v) is 2.69. The fraction of sp³-hybridized carbons (Fsp3) is 0.0556. The maximum absolute atomic E-state index is 12.2. The van der Waals surface area contributed by atoms with E-state index < -0.39 is 5.63 Å². The van der Waals surface area contributed by atoms with Crippen molar-refractivity contribution in [2.45, 2.75) is 6.92 Å². The van der Waals surface area contributed by atoms with Gasteiger partial charge in [0.05, 0.1) is 0 Å². The number of benzene rings is 2. The first-order chi connectivity index (χ1) is 11.6. The molecule has 5 nitrogen and oxygen atoms in total. The topological polar surface area (TPSA) is 69.1 Å². The Morgan fingerprint density at radius 2 is 1.88 bits per heavy atom. The molecule has 0 N–H and O–H groups in total. The molecule has 0 spiro atoms. The zero-order chi connectivity index (χ0) is 16.7. The summed E-state index contributed by atoms with van der Waals surface area (Å²) in [5.41, 5.74) is 1.98. The van der Waals surface area contributed by atoms with Crippen LogP contribution in [0.25, 0.3) is 33.8 Å². The molecule has 0 radical (unpaired) electrons. The summed E-state index contributed by atoms with van der Waals surface area (Å²) < 4.78 is 10.6. The van der Waals surface area contributed by atoms with Crippen molar-refractivity contribution in [1.82, 2.24) is 10.1 Å². The van der Waals surface area contributed by atoms with Gasteiger partial charge in [-0.1, -0.05) is 41.0 Å². The predicted octanol–water partition coefficient (Wildman–Crippen LogP) is 4.47. The fourth-order valence-electron chi connectivity index (χ4n) is 2.51. The molecule has 0 aliphatic heterocycles. The first-order valence-corrected chi connectivity index (χ1v) is 7.63. The molecular formula is C18H11ClN2O3. The van der Waals surface area contributed by atoms with Crippen molar-refractivity contribution < 1.29 is 8.94 Å². The predicted molar refractivity (Wildman–Crippen MR) is 91.0 cm³/mol. The standard InChI is InChI=1S/C18H11ClN2O3/c1-10-4-2-3-5-13(10)16-20-17(24-21-16)14-9-11-8-12(19)6-7-15(11)23-18(14)22/h2-9H,1H3. The largest absolute Gasteiger partial charge is 0.422 e. The molecular weight excluding hydrogens is 328 g/mol. The highest BCUT2D eigenvalue weighted by Gasteiger charge is 2.16. The number of aromatic nitrogens is 2. The van der Waals surface area contributed by atoms with Crippen LogP contribution in [0.5, 0.6) is 0 Å². The van der Waals surface area contributed by atoms with Gasteiger partial charge >= 0.3 is 5.63 Å². The monoisotopic (exact) mass is 338 g/mol. The minimum absolute atomic E-state index is 0.115. The molecule has 0 saturated carbocycles. The van der Waals surface area contributed by atoms with Crippen LogP contribution >= 0.6 is 11.6 Å². The van der Waals surface area contributed by atoms with Gasteiger partial charge in [0.25, 0.3) is 5.89 Å². The van der Waals surface area contributed by atoms with Gasteiger partial charge in [0.1, 0.15) is 11.1 Å². The van der Waals surface area contributed by atoms with Gasteiger partial charge in [0, 0.05) is 16.0 Å². The van der Waals surface area contributed by atoms with E-state index in [0.717, 1.165) is 11.1 Å². The van der Waals surface area contributed by atoms with E-state index in [4.69, 9.17) is 20.5 Å². The molecule has 0 unspecified atom stereocenters. The average Bonchev–Trinajstić information content (AvgIpc) is 3.04. The maximum Gasteiger partial charge on any atom is 0.349 e. The van der Waals surface area contributed by atoms with Gasteiger partial charge < -0.3 is 8.94 Å². The molecule has 0 aliphatic rings. The van der Waals surface area contributed by atoms with Gasteiger partial charge in [0.2, 0.25) is 5.82 Å². The molecule has 4 aromatic rings. The molecule has 2 aromatic heterocycles. The maximum atomic E-state index is 12.2. The van der Waals surface area contributed by atoms with Crippen molar-refractivity contribution in [2.75, 3.05) is 0 Å². The van der Waals surface area contributed by atoms with Gasteiger partial charge in [-0.3, -0.25) is 0 Å². The molecule has 118 valence electrons. The Balaban J connectivity index is 1.85. The molecule has 0 amide bonds. The van der Waals surface area contributed by atoms with Gasteiger partial charge in [0.15, 0.2) is 0 Å². The highest BCUT2D eigenvalue weighted by atomic mass is 35.5. The lowest BCUT2D eigenvalue weighted by Crippen LogP contribution is -2.02. The molecule has 0 atom stereocenters. The average molecular weight is 339 g/mol. The minimum atomic E-state index is -0.537. The Bertz CT molecular complexity index is 1110. The second-order valence-electron chi connectivity index (χ2n) is 5.37. The highest BCUT2D eigenvalue weighted by Crippen LogP contribution is 2.25. The number of hydrogen-bond donors (Lipinski definition) is 0. The SMILES string of the molecule is Cc1ccccc1-c1noc(-c2cc3cc(Cl)ccc3oc2=O)n1. The number of aryl methyl sites for hydroxylation is 1. The Hall–Kier alpha value is -2.92. The van der Waals surface area contributed by atoms with Crippen molar-refractivity contribution >= 4 is 22.6 Å². The first-order valence-electron chi connectivity index (χ1n) is 7.25. The van der Waals surface area contributed by atoms with E-state index in [1.807, 2.05) is 31.2 Å². The Morgan fingerprint density at radius 1 is 1.04 bits per heavy atom. The third-order valence-corrected chi connectivity index (χ3v) is 3.97. The van der Waals surface area contributed by atoms with Gasteiger partial charge in [-0.15, -0.1) is 0 Å². The number of rotatable bonds is 2. The second kappa shape index (κ2) is 5.62. The Labute approximate surface area is 141 Å². The van der Waals surface area contributed by atoms with Crippen molar-refractivity contribution in [1.29, 1.82) is 0 Å². The van der Waals surface area contributed by atoms with Gasteiger partial charge in [-0.25, -0.2) is 4.79 Å². The van der Waals surface area contributed by atoms with Crippen LogP contribution in [0.15, 0.2) is 62.3 Å². The molecule has 2 aromatic carbocycles. The molecule has 0 aliphatic carbocycles. The zero-order valence-corrected chi connectivity index (χ0v) is 13.4. The number of hydrogen-bond acceptors (Lipinski definition) is 5. The summed E-state index contributed by atoms with van der Waals surface area (Å²) in [5.74, 6) is 0.539. The van der Waals surface area contributed by atoms with Crippen LogP contribution in [0.1, 0.15) is 5.56 Å². The molecule has 0 bridgehead atoms. The van der Waals surface area contributed by atoms with Crippen molar-refractivity contribution in [3.63, 3.8) is 0 Å². The minimum Gasteiger partial charge on any atom is -0.422 e. The van der Waals surface area contributed by atoms with Crippen molar-refractivity contribution in [2.24, 2.45) is 0 Å². The van der Waals surface area contributed by atoms with Crippen LogP contribution in [0.3, 0.4) is 0 Å². The van der Waals surface area contributed by atoms with Crippen LogP contribution in [0.2, 0.25) is 5.02 Å². The van der Waals surface area contributed by atoms with Crippen LogP contribution in [-0.2, 0) is 0 Å². The van der Waals surface area contributed by atoms with E-state index in [0.29, 0.717) is 21.8 Å². The van der Waals surface area contributed by atoms with E-state index in [2.05, 4.69) is 10.1 Å². The summed E-state index contributed by atoms with van der Waals surface area (Å²) in [6.45, 7) is 1.96. The van der Waals surface area contributed by atoms with E-state index in [-0.39, 0.29) is 11.5 Å². The molecule has 0 saturated heterocycles. The Kier molecular flexibility index (Phi) is 3.43. The summed E-state index contributed by atoms with van der Waals surface area (Å²) >= 11 is 5.99. The van der Waals surface area contributed by atoms with Crippen LogP contribution < -0.4 is 5.63 Å². The summed E-state index contributed by atoms with van der Waals surface area (Å²) in [6.07, 6.45) is 0. The lowest BCUT2D eigenvalue weighted by Gasteiger charge is -1.99. The quantitative estimate of drug-likeness (QED) is 0.504. The lowest BCUT2D eigenvalue weighted by atomic mass is 10.1. The molecule has 24 heavy (non-hydrogen) atoms. The Morgan fingerprint density at radius 3 is 2.71 bits per heavy atom. The van der Waals surface area contributed by atoms with E-state index in [9.17, 15) is 4.79 Å². The number of nitrogens with zero attached hydrogens (tertiary/aromatic N) is 2. The zero-order valence-electron chi connectivity index (χ0n) is 12.6. The van der Waals surface area contributed by atoms with Crippen LogP contribution in [-0.4, -0.2) is 10.1 Å². The summed E-state index contributed by atoms with van der Waals surface area (Å²) in [5, 5.41) is 5.21. The smallest absolute Gasteiger partial charge is 0.349 e. The summed E-state index contributed by atoms with van der Waals surface area (Å²) in [7, 11) is 0. The van der Waals surface area contributed by atoms with Gasteiger partial charge in [-0.05, 0) is 36.8 Å². The van der Waals surface area contributed by atoms with Crippen LogP contribution in [0, 0.1) is 6.92 Å². The number of fused-ring (bicyclic) bond motifs is 1. The van der Waals surface area contributed by atoms with Crippen molar-refractivity contribution in [3.8, 4) is 22.8 Å². The first kappa shape index (κ1) is 14.7. The molecule has 6 heteroatoms. The summed E-state index contributed by atoms with van der Waals surface area (Å²) in [6, 6.07) is 14.3. The third kappa shape index (κ3) is 2.49. The molecule has 2 heterocycles. The number of halogens is 1. The van der Waals surface area contributed by atoms with Crippen molar-refractivity contribution in [3.05, 3.63) is 69.5 Å². The molecule has 0 fully saturated rings.